The van der Waals surface area contributed by atoms with E-state index in [1.165, 1.54) is 0 Å². The van der Waals surface area contributed by atoms with Crippen molar-refractivity contribution in [2.75, 3.05) is 0 Å². The van der Waals surface area contributed by atoms with E-state index in [1.807, 2.05) is 38.1 Å². The minimum absolute atomic E-state index is 0.00722. The number of nitrogens with zero attached hydrogens (tertiary/aromatic N) is 1. The molecular weight excluding hydrogens is 332 g/mol. The Morgan fingerprint density at radius 3 is 2.52 bits per heavy atom. The summed E-state index contributed by atoms with van der Waals surface area (Å²) in [6.07, 6.45) is 1.20. The molecule has 1 aliphatic heterocycles. The molecule has 1 fully saturated rings. The van der Waals surface area contributed by atoms with Gasteiger partial charge >= 0.3 is 0 Å². The molecule has 0 spiro atoms. The average molecular weight is 353 g/mol. The molecule has 1 aromatic carbocycles. The summed E-state index contributed by atoms with van der Waals surface area (Å²) in [5, 5.41) is 2.88. The van der Waals surface area contributed by atoms with E-state index in [1.54, 1.807) is 11.8 Å². The van der Waals surface area contributed by atoms with Crippen LogP contribution in [0.5, 0.6) is 0 Å². The minimum Gasteiger partial charge on any atom is -0.340 e. The lowest BCUT2D eigenvalue weighted by Crippen LogP contribution is -2.68. The second kappa shape index (κ2) is 6.18. The Morgan fingerprint density at radius 2 is 1.95 bits per heavy atom. The Labute approximate surface area is 134 Å². The molecule has 0 radical (unpaired) electrons. The van der Waals surface area contributed by atoms with Crippen LogP contribution in [-0.4, -0.2) is 28.3 Å². The van der Waals surface area contributed by atoms with Gasteiger partial charge < -0.3 is 10.2 Å². The summed E-state index contributed by atoms with van der Waals surface area (Å²) in [5.41, 5.74) is 0.210. The number of hydrogen-bond acceptors (Lipinski definition) is 2. The summed E-state index contributed by atoms with van der Waals surface area (Å²) in [4.78, 5) is 26.8. The highest BCUT2D eigenvalue weighted by Crippen LogP contribution is 2.26. The maximum atomic E-state index is 12.8. The standard InChI is InChI=1S/C16H21BrN2O2/c1-4-13-14(20)18-16(3,5-2)15(21)19(13)10-11-8-6-7-9-12(11)17/h6-9,13H,4-5,10H2,1-3H3,(H,18,20). The van der Waals surface area contributed by atoms with Crippen molar-refractivity contribution >= 4 is 27.7 Å². The van der Waals surface area contributed by atoms with Gasteiger partial charge in [0.15, 0.2) is 0 Å². The third-order valence-electron chi connectivity index (χ3n) is 4.20. The Balaban J connectivity index is 2.34. The van der Waals surface area contributed by atoms with Gasteiger partial charge in [0.2, 0.25) is 11.8 Å². The fourth-order valence-corrected chi connectivity index (χ4v) is 3.06. The highest BCUT2D eigenvalue weighted by Gasteiger charge is 2.46. The lowest BCUT2D eigenvalue weighted by molar-refractivity contribution is -0.155. The molecule has 4 nitrogen and oxygen atoms in total. The number of carbonyl (C=O) groups is 2. The van der Waals surface area contributed by atoms with Gasteiger partial charge in [-0.1, -0.05) is 48.0 Å². The number of carbonyl (C=O) groups excluding carboxylic acids is 2. The lowest BCUT2D eigenvalue weighted by atomic mass is 9.91. The summed E-state index contributed by atoms with van der Waals surface area (Å²) in [6.45, 7) is 6.09. The summed E-state index contributed by atoms with van der Waals surface area (Å²) in [6, 6.07) is 7.40. The first-order valence-electron chi connectivity index (χ1n) is 7.29. The zero-order valence-electron chi connectivity index (χ0n) is 12.6. The van der Waals surface area contributed by atoms with Gasteiger partial charge in [-0.05, 0) is 31.4 Å². The van der Waals surface area contributed by atoms with Crippen LogP contribution in [0.2, 0.25) is 0 Å². The summed E-state index contributed by atoms with van der Waals surface area (Å²) in [5.74, 6) is -0.0688. The third-order valence-corrected chi connectivity index (χ3v) is 4.98. The molecule has 0 aromatic heterocycles. The smallest absolute Gasteiger partial charge is 0.249 e. The molecule has 1 aliphatic rings. The molecular formula is C16H21BrN2O2. The molecule has 2 unspecified atom stereocenters. The van der Waals surface area contributed by atoms with E-state index < -0.39 is 11.6 Å². The molecule has 5 heteroatoms. The van der Waals surface area contributed by atoms with E-state index in [0.717, 1.165) is 10.0 Å². The van der Waals surface area contributed by atoms with E-state index in [2.05, 4.69) is 21.2 Å². The van der Waals surface area contributed by atoms with E-state index in [-0.39, 0.29) is 11.8 Å². The molecule has 1 aromatic rings. The van der Waals surface area contributed by atoms with E-state index >= 15 is 0 Å². The summed E-state index contributed by atoms with van der Waals surface area (Å²) >= 11 is 3.51. The predicted molar refractivity (Wildman–Crippen MR) is 85.6 cm³/mol. The number of halogens is 1. The zero-order chi connectivity index (χ0) is 15.6. The molecule has 2 amide bonds. The Morgan fingerprint density at radius 1 is 1.29 bits per heavy atom. The number of amides is 2. The van der Waals surface area contributed by atoms with Gasteiger partial charge in [0.05, 0.1) is 0 Å². The number of rotatable bonds is 4. The maximum absolute atomic E-state index is 12.8. The van der Waals surface area contributed by atoms with Crippen molar-refractivity contribution in [3.05, 3.63) is 34.3 Å². The lowest BCUT2D eigenvalue weighted by Gasteiger charge is -2.44. The van der Waals surface area contributed by atoms with E-state index in [0.29, 0.717) is 19.4 Å². The van der Waals surface area contributed by atoms with E-state index in [4.69, 9.17) is 0 Å². The fourth-order valence-electron chi connectivity index (χ4n) is 2.65. The molecule has 0 aliphatic carbocycles. The van der Waals surface area contributed by atoms with Crippen LogP contribution in [0.1, 0.15) is 39.2 Å². The average Bonchev–Trinajstić information content (AvgIpc) is 2.47. The fraction of sp³-hybridized carbons (Fsp3) is 0.500. The monoisotopic (exact) mass is 352 g/mol. The number of hydrogen-bond donors (Lipinski definition) is 1. The molecule has 1 saturated heterocycles. The van der Waals surface area contributed by atoms with Crippen molar-refractivity contribution in [2.45, 2.75) is 51.7 Å². The molecule has 1 N–H and O–H groups in total. The first kappa shape index (κ1) is 16.0. The topological polar surface area (TPSA) is 49.4 Å². The maximum Gasteiger partial charge on any atom is 0.249 e. The third kappa shape index (κ3) is 2.98. The summed E-state index contributed by atoms with van der Waals surface area (Å²) in [7, 11) is 0. The van der Waals surface area contributed by atoms with Crippen LogP contribution in [-0.2, 0) is 16.1 Å². The van der Waals surface area contributed by atoms with Crippen molar-refractivity contribution in [1.82, 2.24) is 10.2 Å². The molecule has 2 rings (SSSR count). The second-order valence-corrected chi connectivity index (χ2v) is 6.48. The molecule has 0 bridgehead atoms. The first-order chi connectivity index (χ1) is 9.92. The van der Waals surface area contributed by atoms with Crippen LogP contribution in [0, 0.1) is 0 Å². The van der Waals surface area contributed by atoms with Crippen molar-refractivity contribution in [2.24, 2.45) is 0 Å². The number of nitrogens with one attached hydrogen (secondary N) is 1. The van der Waals surface area contributed by atoms with Gasteiger partial charge in [-0.3, -0.25) is 9.59 Å². The molecule has 2 atom stereocenters. The van der Waals surface area contributed by atoms with Gasteiger partial charge in [0.25, 0.3) is 0 Å². The molecule has 0 saturated carbocycles. The molecule has 114 valence electrons. The van der Waals surface area contributed by atoms with Crippen LogP contribution in [0.25, 0.3) is 0 Å². The minimum atomic E-state index is -0.802. The highest BCUT2D eigenvalue weighted by atomic mass is 79.9. The van der Waals surface area contributed by atoms with Gasteiger partial charge in [-0.25, -0.2) is 0 Å². The van der Waals surface area contributed by atoms with E-state index in [9.17, 15) is 9.59 Å². The van der Waals surface area contributed by atoms with Gasteiger partial charge in [-0.2, -0.15) is 0 Å². The van der Waals surface area contributed by atoms with Crippen LogP contribution in [0.4, 0.5) is 0 Å². The zero-order valence-corrected chi connectivity index (χ0v) is 14.2. The van der Waals surface area contributed by atoms with Gasteiger partial charge in [0, 0.05) is 11.0 Å². The first-order valence-corrected chi connectivity index (χ1v) is 8.08. The van der Waals surface area contributed by atoms with Crippen molar-refractivity contribution < 1.29 is 9.59 Å². The number of benzene rings is 1. The predicted octanol–water partition coefficient (Wildman–Crippen LogP) is 2.85. The Kier molecular flexibility index (Phi) is 4.71. The molecule has 21 heavy (non-hydrogen) atoms. The van der Waals surface area contributed by atoms with Gasteiger partial charge in [0.1, 0.15) is 11.6 Å². The van der Waals surface area contributed by atoms with Crippen molar-refractivity contribution in [3.8, 4) is 0 Å². The van der Waals surface area contributed by atoms with Crippen LogP contribution < -0.4 is 5.32 Å². The SMILES string of the molecule is CCC1C(=O)NC(C)(CC)C(=O)N1Cc1ccccc1Br. The Hall–Kier alpha value is -1.36. The van der Waals surface area contributed by atoms with Crippen molar-refractivity contribution in [1.29, 1.82) is 0 Å². The van der Waals surface area contributed by atoms with Crippen LogP contribution >= 0.6 is 15.9 Å². The van der Waals surface area contributed by atoms with Crippen LogP contribution in [0.3, 0.4) is 0 Å². The second-order valence-electron chi connectivity index (χ2n) is 5.62. The highest BCUT2D eigenvalue weighted by molar-refractivity contribution is 9.10. The number of piperazine rings is 1. The quantitative estimate of drug-likeness (QED) is 0.905. The van der Waals surface area contributed by atoms with Crippen LogP contribution in [0.15, 0.2) is 28.7 Å². The largest absolute Gasteiger partial charge is 0.340 e. The molecule has 1 heterocycles. The summed E-state index contributed by atoms with van der Waals surface area (Å²) < 4.78 is 0.955. The van der Waals surface area contributed by atoms with Gasteiger partial charge in [-0.15, -0.1) is 0 Å². The normalized spacial score (nSPS) is 25.9. The van der Waals surface area contributed by atoms with Crippen molar-refractivity contribution in [3.63, 3.8) is 0 Å². The Bertz CT molecular complexity index is 561.